The molecule has 2 unspecified atom stereocenters. The zero-order chi connectivity index (χ0) is 14.1. The van der Waals surface area contributed by atoms with Gasteiger partial charge in [0.05, 0.1) is 0 Å². The Morgan fingerprint density at radius 2 is 2.05 bits per heavy atom. The fraction of sp³-hybridized carbons (Fsp3) is 0.562. The van der Waals surface area contributed by atoms with Gasteiger partial charge in [0, 0.05) is 36.3 Å². The van der Waals surface area contributed by atoms with E-state index in [-0.39, 0.29) is 6.10 Å². The number of hydrogen-bond acceptors (Lipinski definition) is 2. The van der Waals surface area contributed by atoms with Crippen molar-refractivity contribution in [2.24, 2.45) is 11.8 Å². The number of carbonyl (C=O) groups is 1. The van der Waals surface area contributed by atoms with Crippen molar-refractivity contribution in [1.29, 1.82) is 0 Å². The van der Waals surface area contributed by atoms with Crippen LogP contribution in [0.1, 0.15) is 26.2 Å². The molecule has 1 aliphatic heterocycles. The Bertz CT molecular complexity index is 497. The predicted molar refractivity (Wildman–Crippen MR) is 81.6 cm³/mol. The maximum absolute atomic E-state index is 12.2. The van der Waals surface area contributed by atoms with E-state index in [2.05, 4.69) is 22.9 Å². The molecule has 2 aliphatic rings. The first-order valence-corrected chi connectivity index (χ1v) is 8.14. The van der Waals surface area contributed by atoms with Crippen LogP contribution in [0.15, 0.2) is 28.7 Å². The Balaban J connectivity index is 1.50. The molecule has 2 atom stereocenters. The summed E-state index contributed by atoms with van der Waals surface area (Å²) >= 11 is 3.45. The molecule has 1 amide bonds. The molecule has 2 fully saturated rings. The summed E-state index contributed by atoms with van der Waals surface area (Å²) < 4.78 is 7.03. The molecule has 0 N–H and O–H groups in total. The molecule has 1 saturated heterocycles. The summed E-state index contributed by atoms with van der Waals surface area (Å²) in [6.45, 7) is 3.83. The Hall–Kier alpha value is -1.03. The maximum atomic E-state index is 12.2. The van der Waals surface area contributed by atoms with Crippen LogP contribution in [0.4, 0.5) is 0 Å². The molecule has 108 valence electrons. The van der Waals surface area contributed by atoms with Crippen LogP contribution in [0, 0.1) is 11.8 Å². The van der Waals surface area contributed by atoms with Crippen molar-refractivity contribution >= 4 is 21.8 Å². The predicted octanol–water partition coefficient (Wildman–Crippen LogP) is 3.47. The van der Waals surface area contributed by atoms with Gasteiger partial charge < -0.3 is 9.64 Å². The Morgan fingerprint density at radius 1 is 1.35 bits per heavy atom. The minimum Gasteiger partial charge on any atom is -0.490 e. The van der Waals surface area contributed by atoms with Crippen molar-refractivity contribution in [3.05, 3.63) is 28.7 Å². The molecule has 4 heteroatoms. The van der Waals surface area contributed by atoms with Crippen LogP contribution >= 0.6 is 15.9 Å². The fourth-order valence-corrected chi connectivity index (χ4v) is 3.21. The van der Waals surface area contributed by atoms with Gasteiger partial charge in [0.15, 0.2) is 0 Å². The molecule has 0 bridgehead atoms. The lowest BCUT2D eigenvalue weighted by atomic mass is 10.1. The number of carbonyl (C=O) groups excluding carboxylic acids is 1. The molecule has 1 aromatic carbocycles. The SMILES string of the molecule is CC1CC1C(=O)N1CCC(Oc2cccc(Br)c2)CC1. The van der Waals surface area contributed by atoms with Gasteiger partial charge in [-0.1, -0.05) is 28.9 Å². The van der Waals surface area contributed by atoms with Gasteiger partial charge in [-0.3, -0.25) is 4.79 Å². The van der Waals surface area contributed by atoms with Crippen LogP contribution in [0.3, 0.4) is 0 Å². The average Bonchev–Trinajstić information content (AvgIpc) is 3.16. The average molecular weight is 338 g/mol. The van der Waals surface area contributed by atoms with Gasteiger partial charge in [-0.05, 0) is 30.5 Å². The summed E-state index contributed by atoms with van der Waals surface area (Å²) in [6, 6.07) is 7.94. The molecular formula is C16H20BrNO2. The van der Waals surface area contributed by atoms with Crippen LogP contribution < -0.4 is 4.74 Å². The molecule has 1 saturated carbocycles. The zero-order valence-electron chi connectivity index (χ0n) is 11.7. The topological polar surface area (TPSA) is 29.5 Å². The van der Waals surface area contributed by atoms with Crippen LogP contribution in [0.5, 0.6) is 5.75 Å². The van der Waals surface area contributed by atoms with E-state index in [0.29, 0.717) is 17.7 Å². The Kier molecular flexibility index (Phi) is 4.01. The van der Waals surface area contributed by atoms with Crippen LogP contribution in [-0.4, -0.2) is 30.0 Å². The summed E-state index contributed by atoms with van der Waals surface area (Å²) in [7, 11) is 0. The van der Waals surface area contributed by atoms with Crippen LogP contribution in [0.2, 0.25) is 0 Å². The van der Waals surface area contributed by atoms with Crippen molar-refractivity contribution in [3.63, 3.8) is 0 Å². The van der Waals surface area contributed by atoms with E-state index in [1.807, 2.05) is 29.2 Å². The molecular weight excluding hydrogens is 318 g/mol. The first-order chi connectivity index (χ1) is 9.63. The number of amides is 1. The number of rotatable bonds is 3. The largest absolute Gasteiger partial charge is 0.490 e. The van der Waals surface area contributed by atoms with Crippen molar-refractivity contribution in [2.75, 3.05) is 13.1 Å². The molecule has 3 rings (SSSR count). The lowest BCUT2D eigenvalue weighted by Crippen LogP contribution is -2.42. The summed E-state index contributed by atoms with van der Waals surface area (Å²) in [5.74, 6) is 2.16. The van der Waals surface area contributed by atoms with Gasteiger partial charge in [-0.15, -0.1) is 0 Å². The number of ether oxygens (including phenoxy) is 1. The van der Waals surface area contributed by atoms with E-state index in [1.54, 1.807) is 0 Å². The minimum absolute atomic E-state index is 0.227. The summed E-state index contributed by atoms with van der Waals surface area (Å²) in [5.41, 5.74) is 0. The molecule has 20 heavy (non-hydrogen) atoms. The van der Waals surface area contributed by atoms with E-state index in [4.69, 9.17) is 4.74 Å². The quantitative estimate of drug-likeness (QED) is 0.845. The summed E-state index contributed by atoms with van der Waals surface area (Å²) in [5, 5.41) is 0. The number of piperidine rings is 1. The highest BCUT2D eigenvalue weighted by atomic mass is 79.9. The van der Waals surface area contributed by atoms with Crippen molar-refractivity contribution in [3.8, 4) is 5.75 Å². The zero-order valence-corrected chi connectivity index (χ0v) is 13.3. The minimum atomic E-state index is 0.227. The first-order valence-electron chi connectivity index (χ1n) is 7.34. The highest BCUT2D eigenvalue weighted by Gasteiger charge is 2.42. The second-order valence-corrected chi connectivity index (χ2v) is 6.84. The third-order valence-electron chi connectivity index (χ3n) is 4.28. The molecule has 1 aliphatic carbocycles. The molecule has 0 radical (unpaired) electrons. The number of benzene rings is 1. The second kappa shape index (κ2) is 5.76. The van der Waals surface area contributed by atoms with Gasteiger partial charge in [-0.25, -0.2) is 0 Å². The van der Waals surface area contributed by atoms with Crippen LogP contribution in [-0.2, 0) is 4.79 Å². The van der Waals surface area contributed by atoms with E-state index < -0.39 is 0 Å². The highest BCUT2D eigenvalue weighted by Crippen LogP contribution is 2.39. The smallest absolute Gasteiger partial charge is 0.225 e. The van der Waals surface area contributed by atoms with Gasteiger partial charge in [0.25, 0.3) is 0 Å². The van der Waals surface area contributed by atoms with Crippen LogP contribution in [0.25, 0.3) is 0 Å². The third kappa shape index (κ3) is 3.17. The fourth-order valence-electron chi connectivity index (χ4n) is 2.83. The Morgan fingerprint density at radius 3 is 2.65 bits per heavy atom. The van der Waals surface area contributed by atoms with E-state index in [1.165, 1.54) is 0 Å². The van der Waals surface area contributed by atoms with Gasteiger partial charge in [0.2, 0.25) is 5.91 Å². The molecule has 0 aromatic heterocycles. The molecule has 0 spiro atoms. The first kappa shape index (κ1) is 13.9. The van der Waals surface area contributed by atoms with E-state index >= 15 is 0 Å². The summed E-state index contributed by atoms with van der Waals surface area (Å²) in [4.78, 5) is 14.2. The highest BCUT2D eigenvalue weighted by molar-refractivity contribution is 9.10. The number of halogens is 1. The van der Waals surface area contributed by atoms with Crippen molar-refractivity contribution in [1.82, 2.24) is 4.90 Å². The van der Waals surface area contributed by atoms with Gasteiger partial charge >= 0.3 is 0 Å². The molecule has 1 heterocycles. The standard InChI is InChI=1S/C16H20BrNO2/c1-11-9-15(11)16(19)18-7-5-13(6-8-18)20-14-4-2-3-12(17)10-14/h2-4,10-11,13,15H,5-9H2,1H3. The Labute approximate surface area is 128 Å². The number of nitrogens with zero attached hydrogens (tertiary/aromatic N) is 1. The van der Waals surface area contributed by atoms with Gasteiger partial charge in [0.1, 0.15) is 11.9 Å². The van der Waals surface area contributed by atoms with E-state index in [9.17, 15) is 4.79 Å². The molecule has 1 aromatic rings. The van der Waals surface area contributed by atoms with Crippen molar-refractivity contribution in [2.45, 2.75) is 32.3 Å². The second-order valence-electron chi connectivity index (χ2n) is 5.92. The third-order valence-corrected chi connectivity index (χ3v) is 4.77. The van der Waals surface area contributed by atoms with E-state index in [0.717, 1.165) is 42.6 Å². The monoisotopic (exact) mass is 337 g/mol. The maximum Gasteiger partial charge on any atom is 0.225 e. The van der Waals surface area contributed by atoms with Gasteiger partial charge in [-0.2, -0.15) is 0 Å². The molecule has 3 nitrogen and oxygen atoms in total. The lowest BCUT2D eigenvalue weighted by molar-refractivity contribution is -0.134. The summed E-state index contributed by atoms with van der Waals surface area (Å²) in [6.07, 6.45) is 3.16. The normalized spacial score (nSPS) is 26.4. The lowest BCUT2D eigenvalue weighted by Gasteiger charge is -2.32. The number of likely N-dealkylation sites (tertiary alicyclic amines) is 1. The number of hydrogen-bond donors (Lipinski definition) is 0. The van der Waals surface area contributed by atoms with Crippen molar-refractivity contribution < 1.29 is 9.53 Å².